The minimum Gasteiger partial charge on any atom is -0.479 e. The lowest BCUT2D eigenvalue weighted by atomic mass is 9.98. The first-order valence-electron chi connectivity index (χ1n) is 7.29. The van der Waals surface area contributed by atoms with E-state index in [1.165, 1.54) is 0 Å². The molecule has 1 aromatic carbocycles. The molecule has 0 radical (unpaired) electrons. The Balaban J connectivity index is 1.97. The zero-order chi connectivity index (χ0) is 15.7. The summed E-state index contributed by atoms with van der Waals surface area (Å²) in [6.07, 6.45) is 2.05. The number of aliphatic carboxylic acids is 1. The van der Waals surface area contributed by atoms with Crippen LogP contribution < -0.4 is 5.32 Å². The van der Waals surface area contributed by atoms with Gasteiger partial charge in [0.05, 0.1) is 12.2 Å². The van der Waals surface area contributed by atoms with Gasteiger partial charge in [-0.1, -0.05) is 18.2 Å². The number of amides is 1. The number of carbonyl (C=O) groups excluding carboxylic acids is 1. The molecule has 0 bridgehead atoms. The maximum absolute atomic E-state index is 12.6. The zero-order valence-electron chi connectivity index (χ0n) is 12.3. The molecule has 6 nitrogen and oxygen atoms in total. The molecule has 1 aliphatic rings. The number of nitrogens with zero attached hydrogens (tertiary/aromatic N) is 1. The quantitative estimate of drug-likeness (QED) is 0.899. The second kappa shape index (κ2) is 5.46. The van der Waals surface area contributed by atoms with E-state index < -0.39 is 11.5 Å². The van der Waals surface area contributed by atoms with E-state index in [9.17, 15) is 14.7 Å². The number of benzene rings is 1. The average Bonchev–Trinajstić information content (AvgIpc) is 3.12. The summed E-state index contributed by atoms with van der Waals surface area (Å²) >= 11 is 0. The van der Waals surface area contributed by atoms with Crippen molar-refractivity contribution < 1.29 is 19.4 Å². The summed E-state index contributed by atoms with van der Waals surface area (Å²) in [4.78, 5) is 24.1. The van der Waals surface area contributed by atoms with Gasteiger partial charge >= 0.3 is 5.97 Å². The number of carboxylic acids is 1. The average molecular weight is 302 g/mol. The molecular formula is C16H18N2O4. The van der Waals surface area contributed by atoms with Gasteiger partial charge in [-0.15, -0.1) is 0 Å². The molecule has 2 heterocycles. The molecule has 0 spiro atoms. The highest BCUT2D eigenvalue weighted by Crippen LogP contribution is 2.24. The van der Waals surface area contributed by atoms with Gasteiger partial charge in [0.25, 0.3) is 5.91 Å². The summed E-state index contributed by atoms with van der Waals surface area (Å²) in [6.45, 7) is 3.07. The van der Waals surface area contributed by atoms with Crippen LogP contribution in [0, 0.1) is 0 Å². The van der Waals surface area contributed by atoms with E-state index >= 15 is 0 Å². The molecule has 1 unspecified atom stereocenters. The Morgan fingerprint density at radius 1 is 1.41 bits per heavy atom. The van der Waals surface area contributed by atoms with Crippen LogP contribution in [0.5, 0.6) is 0 Å². The number of ether oxygens (including phenoxy) is 1. The van der Waals surface area contributed by atoms with Crippen molar-refractivity contribution >= 4 is 22.8 Å². The van der Waals surface area contributed by atoms with Crippen LogP contribution in [0.3, 0.4) is 0 Å². The van der Waals surface area contributed by atoms with Crippen molar-refractivity contribution in [2.24, 2.45) is 0 Å². The smallest absolute Gasteiger partial charge is 0.331 e. The standard InChI is InChI=1S/C16H18N2O4/c1-2-18-9-12(11-5-3-4-6-13(11)18)14(19)17-16(15(20)21)7-8-22-10-16/h3-6,9H,2,7-8,10H2,1H3,(H,17,19)(H,20,21). The van der Waals surface area contributed by atoms with Gasteiger partial charge in [0.2, 0.25) is 0 Å². The van der Waals surface area contributed by atoms with Crippen molar-refractivity contribution in [2.75, 3.05) is 13.2 Å². The number of carboxylic acid groups (broad SMARTS) is 1. The van der Waals surface area contributed by atoms with Gasteiger partial charge in [-0.25, -0.2) is 4.79 Å². The van der Waals surface area contributed by atoms with Crippen LogP contribution in [-0.2, 0) is 16.1 Å². The topological polar surface area (TPSA) is 80.6 Å². The molecular weight excluding hydrogens is 284 g/mol. The maximum atomic E-state index is 12.6. The van der Waals surface area contributed by atoms with Crippen molar-refractivity contribution in [3.8, 4) is 0 Å². The van der Waals surface area contributed by atoms with Crippen molar-refractivity contribution in [1.82, 2.24) is 9.88 Å². The summed E-state index contributed by atoms with van der Waals surface area (Å²) in [7, 11) is 0. The molecule has 116 valence electrons. The molecule has 1 fully saturated rings. The summed E-state index contributed by atoms with van der Waals surface area (Å²) < 4.78 is 7.15. The normalized spacial score (nSPS) is 21.1. The van der Waals surface area contributed by atoms with Gasteiger partial charge in [-0.2, -0.15) is 0 Å². The summed E-state index contributed by atoms with van der Waals surface area (Å²) in [6, 6.07) is 7.60. The minimum atomic E-state index is -1.33. The number of aromatic nitrogens is 1. The van der Waals surface area contributed by atoms with Crippen LogP contribution in [-0.4, -0.2) is 40.3 Å². The first-order valence-corrected chi connectivity index (χ1v) is 7.29. The van der Waals surface area contributed by atoms with E-state index in [4.69, 9.17) is 4.74 Å². The Morgan fingerprint density at radius 3 is 2.82 bits per heavy atom. The lowest BCUT2D eigenvalue weighted by Crippen LogP contribution is -2.55. The molecule has 1 saturated heterocycles. The van der Waals surface area contributed by atoms with Gasteiger partial charge in [0.1, 0.15) is 0 Å². The van der Waals surface area contributed by atoms with Crippen molar-refractivity contribution in [3.05, 3.63) is 36.0 Å². The third kappa shape index (κ3) is 2.25. The Labute approximate surface area is 127 Å². The second-order valence-corrected chi connectivity index (χ2v) is 5.49. The Morgan fingerprint density at radius 2 is 2.18 bits per heavy atom. The van der Waals surface area contributed by atoms with Crippen molar-refractivity contribution in [2.45, 2.75) is 25.4 Å². The van der Waals surface area contributed by atoms with Crippen molar-refractivity contribution in [3.63, 3.8) is 0 Å². The van der Waals surface area contributed by atoms with Crippen LogP contribution in [0.15, 0.2) is 30.5 Å². The van der Waals surface area contributed by atoms with E-state index in [0.717, 1.165) is 17.4 Å². The van der Waals surface area contributed by atoms with Crippen LogP contribution in [0.2, 0.25) is 0 Å². The zero-order valence-corrected chi connectivity index (χ0v) is 12.3. The molecule has 1 aliphatic heterocycles. The number of aryl methyl sites for hydroxylation is 1. The fraction of sp³-hybridized carbons (Fsp3) is 0.375. The van der Waals surface area contributed by atoms with Gasteiger partial charge in [0.15, 0.2) is 5.54 Å². The number of hydrogen-bond acceptors (Lipinski definition) is 3. The van der Waals surface area contributed by atoms with Gasteiger partial charge in [-0.3, -0.25) is 4.79 Å². The predicted octanol–water partition coefficient (Wildman–Crippen LogP) is 1.63. The van der Waals surface area contributed by atoms with Crippen LogP contribution in [0.4, 0.5) is 0 Å². The molecule has 6 heteroatoms. The van der Waals surface area contributed by atoms with Gasteiger partial charge < -0.3 is 19.7 Å². The number of rotatable bonds is 4. The highest BCUT2D eigenvalue weighted by atomic mass is 16.5. The Kier molecular flexibility index (Phi) is 3.62. The van der Waals surface area contributed by atoms with Crippen LogP contribution >= 0.6 is 0 Å². The van der Waals surface area contributed by atoms with E-state index in [1.807, 2.05) is 35.8 Å². The number of nitrogens with one attached hydrogen (secondary N) is 1. The monoisotopic (exact) mass is 302 g/mol. The first-order chi connectivity index (χ1) is 10.6. The number of hydrogen-bond donors (Lipinski definition) is 2. The second-order valence-electron chi connectivity index (χ2n) is 5.49. The lowest BCUT2D eigenvalue weighted by Gasteiger charge is -2.23. The van der Waals surface area contributed by atoms with E-state index in [0.29, 0.717) is 12.2 Å². The van der Waals surface area contributed by atoms with Crippen LogP contribution in [0.25, 0.3) is 10.9 Å². The highest BCUT2D eigenvalue weighted by Gasteiger charge is 2.44. The lowest BCUT2D eigenvalue weighted by molar-refractivity contribution is -0.144. The fourth-order valence-electron chi connectivity index (χ4n) is 2.86. The summed E-state index contributed by atoms with van der Waals surface area (Å²) in [5.74, 6) is -1.44. The Bertz CT molecular complexity index is 729. The molecule has 3 rings (SSSR count). The molecule has 2 aromatic rings. The van der Waals surface area contributed by atoms with Gasteiger partial charge in [0, 0.05) is 36.7 Å². The highest BCUT2D eigenvalue weighted by molar-refractivity contribution is 6.08. The van der Waals surface area contributed by atoms with Crippen LogP contribution in [0.1, 0.15) is 23.7 Å². The largest absolute Gasteiger partial charge is 0.479 e. The SMILES string of the molecule is CCn1cc(C(=O)NC2(C(=O)O)CCOC2)c2ccccc21. The number of fused-ring (bicyclic) bond motifs is 1. The molecule has 2 N–H and O–H groups in total. The minimum absolute atomic E-state index is 0.000488. The fourth-order valence-corrected chi connectivity index (χ4v) is 2.86. The van der Waals surface area contributed by atoms with Crippen molar-refractivity contribution in [1.29, 1.82) is 0 Å². The molecule has 1 atom stereocenters. The first kappa shape index (κ1) is 14.6. The van der Waals surface area contributed by atoms with E-state index in [1.54, 1.807) is 6.20 Å². The molecule has 0 aliphatic carbocycles. The Hall–Kier alpha value is -2.34. The number of para-hydroxylation sites is 1. The summed E-state index contributed by atoms with van der Waals surface area (Å²) in [5.41, 5.74) is 0.124. The molecule has 22 heavy (non-hydrogen) atoms. The molecule has 1 amide bonds. The maximum Gasteiger partial charge on any atom is 0.331 e. The van der Waals surface area contributed by atoms with E-state index in [2.05, 4.69) is 5.32 Å². The molecule has 0 saturated carbocycles. The third-order valence-electron chi connectivity index (χ3n) is 4.16. The number of carbonyl (C=O) groups is 2. The third-order valence-corrected chi connectivity index (χ3v) is 4.16. The predicted molar refractivity (Wildman–Crippen MR) is 80.9 cm³/mol. The van der Waals surface area contributed by atoms with Gasteiger partial charge in [-0.05, 0) is 13.0 Å². The summed E-state index contributed by atoms with van der Waals surface area (Å²) in [5, 5.41) is 12.9. The van der Waals surface area contributed by atoms with E-state index in [-0.39, 0.29) is 18.9 Å². The molecule has 1 aromatic heterocycles.